The van der Waals surface area contributed by atoms with Gasteiger partial charge in [0.25, 0.3) is 0 Å². The Balaban J connectivity index is 1.30. The Hall–Kier alpha value is -3.52. The van der Waals surface area contributed by atoms with Gasteiger partial charge in [-0.15, -0.1) is 5.10 Å². The number of fused-ring (bicyclic) bond motifs is 1. The van der Waals surface area contributed by atoms with Gasteiger partial charge in [0, 0.05) is 31.6 Å². The van der Waals surface area contributed by atoms with E-state index in [1.165, 1.54) is 0 Å². The summed E-state index contributed by atoms with van der Waals surface area (Å²) >= 11 is 0. The Kier molecular flexibility index (Phi) is 4.76. The van der Waals surface area contributed by atoms with Gasteiger partial charge in [-0.1, -0.05) is 35.5 Å². The molecule has 5 rings (SSSR count). The summed E-state index contributed by atoms with van der Waals surface area (Å²) in [6, 6.07) is 15.8. The Morgan fingerprint density at radius 2 is 1.80 bits per heavy atom. The topological polar surface area (TPSA) is 82.9 Å². The molecule has 8 nitrogen and oxygen atoms in total. The van der Waals surface area contributed by atoms with E-state index < -0.39 is 0 Å². The second-order valence-electron chi connectivity index (χ2n) is 7.69. The molecule has 1 amide bonds. The van der Waals surface area contributed by atoms with Gasteiger partial charge in [-0.25, -0.2) is 4.68 Å². The molecule has 1 saturated heterocycles. The summed E-state index contributed by atoms with van der Waals surface area (Å²) < 4.78 is 1.73. The van der Waals surface area contributed by atoms with Gasteiger partial charge in [0.1, 0.15) is 11.4 Å². The molecule has 2 aromatic carbocycles. The van der Waals surface area contributed by atoms with Crippen molar-refractivity contribution in [1.29, 1.82) is 0 Å². The molecule has 0 unspecified atom stereocenters. The number of aromatic amines is 1. The van der Waals surface area contributed by atoms with Crippen molar-refractivity contribution in [1.82, 2.24) is 35.0 Å². The molecule has 0 spiro atoms. The molecule has 0 radical (unpaired) electrons. The van der Waals surface area contributed by atoms with Crippen LogP contribution in [-0.2, 0) is 11.2 Å². The number of amides is 1. The largest absolute Gasteiger partial charge is 0.340 e. The smallest absolute Gasteiger partial charge is 0.227 e. The van der Waals surface area contributed by atoms with Crippen molar-refractivity contribution >= 4 is 16.8 Å². The van der Waals surface area contributed by atoms with Gasteiger partial charge >= 0.3 is 0 Å². The minimum absolute atomic E-state index is 0.185. The molecule has 0 saturated carbocycles. The highest BCUT2D eigenvalue weighted by Gasteiger charge is 2.19. The predicted molar refractivity (Wildman–Crippen MR) is 114 cm³/mol. The molecule has 0 aliphatic carbocycles. The zero-order chi connectivity index (χ0) is 20.5. The van der Waals surface area contributed by atoms with Crippen molar-refractivity contribution in [2.24, 2.45) is 0 Å². The second kappa shape index (κ2) is 7.72. The fourth-order valence-corrected chi connectivity index (χ4v) is 3.77. The third kappa shape index (κ3) is 3.57. The van der Waals surface area contributed by atoms with Gasteiger partial charge < -0.3 is 9.80 Å². The van der Waals surface area contributed by atoms with Crippen LogP contribution in [0.25, 0.3) is 28.0 Å². The number of nitrogens with one attached hydrogen (secondary N) is 1. The van der Waals surface area contributed by atoms with Crippen LogP contribution < -0.4 is 0 Å². The van der Waals surface area contributed by atoms with Crippen molar-refractivity contribution in [3.63, 3.8) is 0 Å². The highest BCUT2D eigenvalue weighted by Crippen LogP contribution is 2.24. The maximum atomic E-state index is 12.5. The molecule has 3 heterocycles. The lowest BCUT2D eigenvalue weighted by Gasteiger charge is -2.32. The van der Waals surface area contributed by atoms with E-state index in [0.29, 0.717) is 12.1 Å². The molecule has 2 aromatic heterocycles. The molecule has 152 valence electrons. The number of rotatable bonds is 4. The average Bonchev–Trinajstić information content (AvgIpc) is 3.42. The zero-order valence-electron chi connectivity index (χ0n) is 16.8. The fourth-order valence-electron chi connectivity index (χ4n) is 3.77. The van der Waals surface area contributed by atoms with Gasteiger partial charge in [-0.3, -0.25) is 9.89 Å². The summed E-state index contributed by atoms with van der Waals surface area (Å²) in [4.78, 5) is 16.7. The van der Waals surface area contributed by atoms with Crippen LogP contribution >= 0.6 is 0 Å². The number of para-hydroxylation sites is 1. The van der Waals surface area contributed by atoms with Crippen molar-refractivity contribution in [3.05, 3.63) is 60.3 Å². The second-order valence-corrected chi connectivity index (χ2v) is 7.69. The number of likely N-dealkylation sites (N-methyl/N-ethyl adjacent to an activating group) is 1. The minimum atomic E-state index is 0.185. The van der Waals surface area contributed by atoms with Crippen LogP contribution in [0.5, 0.6) is 0 Å². The molecule has 1 fully saturated rings. The first-order valence-corrected chi connectivity index (χ1v) is 10.1. The summed E-state index contributed by atoms with van der Waals surface area (Å²) in [5, 5.41) is 17.0. The number of carbonyl (C=O) groups is 1. The SMILES string of the molecule is CN1CCN(C(=O)Cc2ccc(-n3cc(-c4n[nH]c5ccccc45)nn3)cc2)CC1. The van der Waals surface area contributed by atoms with Crippen LogP contribution in [-0.4, -0.2) is 74.1 Å². The Morgan fingerprint density at radius 1 is 1.03 bits per heavy atom. The number of hydrogen-bond donors (Lipinski definition) is 1. The lowest BCUT2D eigenvalue weighted by atomic mass is 10.1. The number of aromatic nitrogens is 5. The number of hydrogen-bond acceptors (Lipinski definition) is 5. The minimum Gasteiger partial charge on any atom is -0.340 e. The van der Waals surface area contributed by atoms with E-state index in [1.54, 1.807) is 4.68 Å². The van der Waals surface area contributed by atoms with E-state index in [4.69, 9.17) is 0 Å². The van der Waals surface area contributed by atoms with Crippen LogP contribution in [0.2, 0.25) is 0 Å². The molecule has 30 heavy (non-hydrogen) atoms. The summed E-state index contributed by atoms with van der Waals surface area (Å²) in [6.07, 6.45) is 2.29. The van der Waals surface area contributed by atoms with Crippen LogP contribution in [0, 0.1) is 0 Å². The number of benzene rings is 2. The standard InChI is InChI=1S/C22H23N7O/c1-27-10-12-28(13-11-27)21(30)14-16-6-8-17(9-7-16)29-15-20(24-26-29)22-18-4-2-3-5-19(18)23-25-22/h2-9,15H,10-14H2,1H3,(H,23,25). The molecular weight excluding hydrogens is 378 g/mol. The molecule has 1 N–H and O–H groups in total. The summed E-state index contributed by atoms with van der Waals surface area (Å²) in [7, 11) is 2.09. The Labute approximate surface area is 174 Å². The third-order valence-electron chi connectivity index (χ3n) is 5.62. The van der Waals surface area contributed by atoms with E-state index in [2.05, 4.69) is 32.5 Å². The summed E-state index contributed by atoms with van der Waals surface area (Å²) in [5.74, 6) is 0.185. The lowest BCUT2D eigenvalue weighted by molar-refractivity contribution is -0.132. The van der Waals surface area contributed by atoms with E-state index in [9.17, 15) is 4.79 Å². The van der Waals surface area contributed by atoms with Gasteiger partial charge in [0.2, 0.25) is 5.91 Å². The van der Waals surface area contributed by atoms with Gasteiger partial charge in [0.15, 0.2) is 0 Å². The maximum Gasteiger partial charge on any atom is 0.227 e. The van der Waals surface area contributed by atoms with E-state index in [0.717, 1.165) is 54.0 Å². The van der Waals surface area contributed by atoms with Crippen LogP contribution in [0.3, 0.4) is 0 Å². The van der Waals surface area contributed by atoms with Gasteiger partial charge in [0.05, 0.1) is 23.8 Å². The monoisotopic (exact) mass is 401 g/mol. The van der Waals surface area contributed by atoms with Crippen molar-refractivity contribution in [2.75, 3.05) is 33.2 Å². The molecule has 1 aliphatic rings. The summed E-state index contributed by atoms with van der Waals surface area (Å²) in [5.41, 5.74) is 4.36. The van der Waals surface area contributed by atoms with E-state index in [1.807, 2.05) is 59.6 Å². The molecule has 0 atom stereocenters. The Morgan fingerprint density at radius 3 is 2.60 bits per heavy atom. The molecule has 0 bridgehead atoms. The first-order valence-electron chi connectivity index (χ1n) is 10.1. The number of piperazine rings is 1. The zero-order valence-corrected chi connectivity index (χ0v) is 16.8. The molecule has 8 heteroatoms. The van der Waals surface area contributed by atoms with Crippen molar-refractivity contribution in [2.45, 2.75) is 6.42 Å². The summed E-state index contributed by atoms with van der Waals surface area (Å²) in [6.45, 7) is 3.48. The Bertz CT molecular complexity index is 1170. The highest BCUT2D eigenvalue weighted by atomic mass is 16.2. The highest BCUT2D eigenvalue weighted by molar-refractivity contribution is 5.91. The number of nitrogens with zero attached hydrogens (tertiary/aromatic N) is 6. The first-order chi connectivity index (χ1) is 14.7. The number of carbonyl (C=O) groups excluding carboxylic acids is 1. The van der Waals surface area contributed by atoms with Crippen molar-refractivity contribution < 1.29 is 4.79 Å². The first kappa shape index (κ1) is 18.5. The van der Waals surface area contributed by atoms with Crippen LogP contribution in [0.1, 0.15) is 5.56 Å². The van der Waals surface area contributed by atoms with E-state index in [-0.39, 0.29) is 5.91 Å². The lowest BCUT2D eigenvalue weighted by Crippen LogP contribution is -2.47. The van der Waals surface area contributed by atoms with Gasteiger partial charge in [-0.2, -0.15) is 5.10 Å². The number of H-pyrrole nitrogens is 1. The normalized spacial score (nSPS) is 15.0. The third-order valence-corrected chi connectivity index (χ3v) is 5.62. The molecule has 1 aliphatic heterocycles. The van der Waals surface area contributed by atoms with Crippen molar-refractivity contribution in [3.8, 4) is 17.1 Å². The fraction of sp³-hybridized carbons (Fsp3) is 0.273. The molecular formula is C22H23N7O. The van der Waals surface area contributed by atoms with Gasteiger partial charge in [-0.05, 0) is 30.8 Å². The van der Waals surface area contributed by atoms with Crippen LogP contribution in [0.15, 0.2) is 54.7 Å². The quantitative estimate of drug-likeness (QED) is 0.566. The van der Waals surface area contributed by atoms with Crippen LogP contribution in [0.4, 0.5) is 0 Å². The molecule has 4 aromatic rings. The van der Waals surface area contributed by atoms with E-state index >= 15 is 0 Å². The average molecular weight is 401 g/mol. The predicted octanol–water partition coefficient (Wildman–Crippen LogP) is 2.13. The maximum absolute atomic E-state index is 12.5.